The van der Waals surface area contributed by atoms with Gasteiger partial charge in [0.15, 0.2) is 0 Å². The lowest BCUT2D eigenvalue weighted by Crippen LogP contribution is -2.35. The highest BCUT2D eigenvalue weighted by atomic mass is 16.5. The van der Waals surface area contributed by atoms with Gasteiger partial charge in [0.2, 0.25) is 0 Å². The van der Waals surface area contributed by atoms with Gasteiger partial charge in [0, 0.05) is 12.2 Å². The molecule has 3 aromatic rings. The first-order chi connectivity index (χ1) is 13.9. The van der Waals surface area contributed by atoms with Crippen LogP contribution < -0.4 is 5.32 Å². The number of aryl methyl sites for hydroxylation is 2. The summed E-state index contributed by atoms with van der Waals surface area (Å²) in [6.45, 7) is 3.85. The number of nitrogens with one attached hydrogen (secondary N) is 1. The third kappa shape index (κ3) is 5.43. The summed E-state index contributed by atoms with van der Waals surface area (Å²) in [4.78, 5) is 11.8. The lowest BCUT2D eigenvalue weighted by atomic mass is 10.0. The SMILES string of the molecule is Cc1cc(C)n(-c2cccc(C(O)C(O)CNC(=O)OCc3ccccc3)c2)n1. The van der Waals surface area contributed by atoms with Crippen molar-refractivity contribution in [1.82, 2.24) is 15.1 Å². The predicted molar refractivity (Wildman–Crippen MR) is 109 cm³/mol. The van der Waals surface area contributed by atoms with Crippen molar-refractivity contribution in [1.29, 1.82) is 0 Å². The van der Waals surface area contributed by atoms with E-state index >= 15 is 0 Å². The van der Waals surface area contributed by atoms with Gasteiger partial charge in [-0.25, -0.2) is 9.48 Å². The maximum Gasteiger partial charge on any atom is 0.407 e. The van der Waals surface area contributed by atoms with Gasteiger partial charge in [-0.15, -0.1) is 0 Å². The van der Waals surface area contributed by atoms with Crippen molar-refractivity contribution < 1.29 is 19.7 Å². The molecular formula is C22H25N3O4. The second-order valence-electron chi connectivity index (χ2n) is 6.89. The zero-order valence-corrected chi connectivity index (χ0v) is 16.4. The zero-order chi connectivity index (χ0) is 20.8. The molecule has 3 rings (SSSR count). The van der Waals surface area contributed by atoms with Crippen LogP contribution in [0.25, 0.3) is 5.69 Å². The van der Waals surface area contributed by atoms with Crippen molar-refractivity contribution in [3.05, 3.63) is 83.2 Å². The summed E-state index contributed by atoms with van der Waals surface area (Å²) < 4.78 is 6.88. The van der Waals surface area contributed by atoms with E-state index in [1.54, 1.807) is 22.9 Å². The van der Waals surface area contributed by atoms with Gasteiger partial charge in [-0.3, -0.25) is 0 Å². The van der Waals surface area contributed by atoms with E-state index < -0.39 is 18.3 Å². The van der Waals surface area contributed by atoms with Crippen LogP contribution in [0.4, 0.5) is 4.79 Å². The first-order valence-electron chi connectivity index (χ1n) is 9.38. The molecule has 0 bridgehead atoms. The second kappa shape index (κ2) is 9.36. The Morgan fingerprint density at radius 3 is 2.55 bits per heavy atom. The van der Waals surface area contributed by atoms with Crippen LogP contribution >= 0.6 is 0 Å². The number of ether oxygens (including phenoxy) is 1. The van der Waals surface area contributed by atoms with Gasteiger partial charge in [-0.1, -0.05) is 42.5 Å². The molecule has 0 spiro atoms. The predicted octanol–water partition coefficient (Wildman–Crippen LogP) is 2.81. The minimum absolute atomic E-state index is 0.135. The molecule has 0 aliphatic carbocycles. The third-order valence-electron chi connectivity index (χ3n) is 4.50. The Bertz CT molecular complexity index is 956. The van der Waals surface area contributed by atoms with Gasteiger partial charge in [-0.2, -0.15) is 5.10 Å². The van der Waals surface area contributed by atoms with E-state index in [9.17, 15) is 15.0 Å². The fourth-order valence-electron chi connectivity index (χ4n) is 3.03. The molecule has 2 unspecified atom stereocenters. The number of amides is 1. The van der Waals surface area contributed by atoms with Gasteiger partial charge in [0.1, 0.15) is 18.8 Å². The van der Waals surface area contributed by atoms with Crippen LogP contribution in [-0.2, 0) is 11.3 Å². The Hall–Kier alpha value is -3.16. The maximum absolute atomic E-state index is 11.8. The molecule has 2 atom stereocenters. The van der Waals surface area contributed by atoms with Crippen LogP contribution in [-0.4, -0.2) is 38.7 Å². The highest BCUT2D eigenvalue weighted by Gasteiger charge is 2.20. The minimum atomic E-state index is -1.19. The van der Waals surface area contributed by atoms with Crippen molar-refractivity contribution in [2.75, 3.05) is 6.54 Å². The molecule has 0 radical (unpaired) electrons. The summed E-state index contributed by atoms with van der Waals surface area (Å²) in [5.74, 6) is 0. The van der Waals surface area contributed by atoms with Crippen molar-refractivity contribution in [3.63, 3.8) is 0 Å². The van der Waals surface area contributed by atoms with Gasteiger partial charge in [0.25, 0.3) is 0 Å². The fraction of sp³-hybridized carbons (Fsp3) is 0.273. The number of hydrogen-bond donors (Lipinski definition) is 3. The summed E-state index contributed by atoms with van der Waals surface area (Å²) in [6, 6.07) is 18.4. The van der Waals surface area contributed by atoms with E-state index in [0.29, 0.717) is 5.56 Å². The molecular weight excluding hydrogens is 370 g/mol. The van der Waals surface area contributed by atoms with Gasteiger partial charge in [0.05, 0.1) is 11.4 Å². The van der Waals surface area contributed by atoms with Crippen LogP contribution in [0.1, 0.15) is 28.6 Å². The minimum Gasteiger partial charge on any atom is -0.445 e. The van der Waals surface area contributed by atoms with E-state index in [1.807, 2.05) is 56.3 Å². The smallest absolute Gasteiger partial charge is 0.407 e. The van der Waals surface area contributed by atoms with E-state index in [1.165, 1.54) is 0 Å². The fourth-order valence-corrected chi connectivity index (χ4v) is 3.03. The Morgan fingerprint density at radius 2 is 1.86 bits per heavy atom. The van der Waals surface area contributed by atoms with Gasteiger partial charge in [-0.05, 0) is 43.2 Å². The molecule has 0 saturated heterocycles. The summed E-state index contributed by atoms with van der Waals surface area (Å²) in [5, 5.41) is 27.7. The molecule has 29 heavy (non-hydrogen) atoms. The molecule has 2 aromatic carbocycles. The van der Waals surface area contributed by atoms with Crippen LogP contribution in [0.3, 0.4) is 0 Å². The van der Waals surface area contributed by atoms with Crippen LogP contribution in [0.15, 0.2) is 60.7 Å². The Morgan fingerprint density at radius 1 is 1.10 bits per heavy atom. The molecule has 7 heteroatoms. The van der Waals surface area contributed by atoms with Crippen molar-refractivity contribution in [2.45, 2.75) is 32.7 Å². The van der Waals surface area contributed by atoms with Crippen molar-refractivity contribution in [3.8, 4) is 5.69 Å². The van der Waals surface area contributed by atoms with E-state index in [0.717, 1.165) is 22.6 Å². The lowest BCUT2D eigenvalue weighted by molar-refractivity contribution is 0.0184. The number of rotatable bonds is 7. The number of aliphatic hydroxyl groups excluding tert-OH is 2. The van der Waals surface area contributed by atoms with Crippen LogP contribution in [0.2, 0.25) is 0 Å². The summed E-state index contributed by atoms with van der Waals surface area (Å²) in [6.07, 6.45) is -3.01. The van der Waals surface area contributed by atoms with Gasteiger partial charge >= 0.3 is 6.09 Å². The van der Waals surface area contributed by atoms with E-state index in [4.69, 9.17) is 4.74 Å². The molecule has 1 aromatic heterocycles. The highest BCUT2D eigenvalue weighted by molar-refractivity contribution is 5.67. The zero-order valence-electron chi connectivity index (χ0n) is 16.4. The van der Waals surface area contributed by atoms with Crippen LogP contribution in [0.5, 0.6) is 0 Å². The summed E-state index contributed by atoms with van der Waals surface area (Å²) in [7, 11) is 0. The monoisotopic (exact) mass is 395 g/mol. The number of benzene rings is 2. The molecule has 7 nitrogen and oxygen atoms in total. The van der Waals surface area contributed by atoms with Crippen molar-refractivity contribution in [2.24, 2.45) is 0 Å². The van der Waals surface area contributed by atoms with E-state index in [2.05, 4.69) is 10.4 Å². The Labute approximate surface area is 169 Å². The van der Waals surface area contributed by atoms with Crippen LogP contribution in [0, 0.1) is 13.8 Å². The summed E-state index contributed by atoms with van der Waals surface area (Å²) in [5.41, 5.74) is 4.05. The molecule has 1 heterocycles. The first-order valence-corrected chi connectivity index (χ1v) is 9.38. The number of carbonyl (C=O) groups excluding carboxylic acids is 1. The maximum atomic E-state index is 11.8. The average Bonchev–Trinajstić information content (AvgIpc) is 3.08. The Kier molecular flexibility index (Phi) is 6.64. The standard InChI is InChI=1S/C22H25N3O4/c1-15-11-16(2)25(24-15)19-10-6-9-18(12-19)21(27)20(26)13-23-22(28)29-14-17-7-4-3-5-8-17/h3-12,20-21,26-27H,13-14H2,1-2H3,(H,23,28). The number of carbonyl (C=O) groups is 1. The number of nitrogens with zero attached hydrogens (tertiary/aromatic N) is 2. The molecule has 3 N–H and O–H groups in total. The third-order valence-corrected chi connectivity index (χ3v) is 4.50. The second-order valence-corrected chi connectivity index (χ2v) is 6.89. The highest BCUT2D eigenvalue weighted by Crippen LogP contribution is 2.21. The number of aromatic nitrogens is 2. The molecule has 0 aliphatic rings. The number of hydrogen-bond acceptors (Lipinski definition) is 5. The largest absolute Gasteiger partial charge is 0.445 e. The topological polar surface area (TPSA) is 96.6 Å². The Balaban J connectivity index is 1.56. The molecule has 0 fully saturated rings. The van der Waals surface area contributed by atoms with E-state index in [-0.39, 0.29) is 13.2 Å². The first kappa shape index (κ1) is 20.6. The quantitative estimate of drug-likeness (QED) is 0.572. The normalized spacial score (nSPS) is 13.0. The molecule has 1 amide bonds. The summed E-state index contributed by atoms with van der Waals surface area (Å²) >= 11 is 0. The molecule has 0 aliphatic heterocycles. The number of alkyl carbamates (subject to hydrolysis) is 1. The molecule has 0 saturated carbocycles. The number of aliphatic hydroxyl groups is 2. The average molecular weight is 395 g/mol. The van der Waals surface area contributed by atoms with Gasteiger partial charge < -0.3 is 20.3 Å². The molecule has 152 valence electrons. The van der Waals surface area contributed by atoms with Crippen molar-refractivity contribution >= 4 is 6.09 Å². The lowest BCUT2D eigenvalue weighted by Gasteiger charge is -2.19.